The monoisotopic (exact) mass is 309 g/mol. The molecule has 2 rings (SSSR count). The standard InChI is InChI=1S/C13H12ClN3O2S/c1-2-5-19-11-4-3-10(14)6-9(11)7-15-17-13-16-12(18)8-20-13/h2-4,6-7H,1,5,8H2,(H,16,17,18). The van der Waals surface area contributed by atoms with Crippen LogP contribution in [0.5, 0.6) is 5.75 Å². The van der Waals surface area contributed by atoms with Gasteiger partial charge in [0.25, 0.3) is 0 Å². The van der Waals surface area contributed by atoms with Gasteiger partial charge in [-0.15, -0.1) is 5.10 Å². The predicted molar refractivity (Wildman–Crippen MR) is 82.8 cm³/mol. The number of hydrogen-bond acceptors (Lipinski definition) is 5. The number of amides is 1. The van der Waals surface area contributed by atoms with E-state index >= 15 is 0 Å². The molecule has 1 amide bonds. The highest BCUT2D eigenvalue weighted by atomic mass is 35.5. The van der Waals surface area contributed by atoms with E-state index in [1.165, 1.54) is 18.0 Å². The van der Waals surface area contributed by atoms with Gasteiger partial charge in [0.1, 0.15) is 12.4 Å². The zero-order chi connectivity index (χ0) is 14.4. The normalized spacial score (nSPS) is 16.6. The zero-order valence-corrected chi connectivity index (χ0v) is 12.1. The molecule has 7 heteroatoms. The Labute approximate surface area is 125 Å². The van der Waals surface area contributed by atoms with Gasteiger partial charge in [-0.05, 0) is 18.2 Å². The topological polar surface area (TPSA) is 63.1 Å². The first-order valence-corrected chi connectivity index (χ1v) is 7.12. The fraction of sp³-hybridized carbons (Fsp3) is 0.154. The highest BCUT2D eigenvalue weighted by Gasteiger charge is 2.15. The minimum atomic E-state index is -0.0679. The Kier molecular flexibility index (Phi) is 5.20. The number of hydrogen-bond donors (Lipinski definition) is 1. The van der Waals surface area contributed by atoms with E-state index < -0.39 is 0 Å². The van der Waals surface area contributed by atoms with Gasteiger partial charge in [0, 0.05) is 10.6 Å². The summed E-state index contributed by atoms with van der Waals surface area (Å²) in [6.07, 6.45) is 3.18. The van der Waals surface area contributed by atoms with Crippen molar-refractivity contribution in [3.05, 3.63) is 41.4 Å². The second-order valence-corrected chi connectivity index (χ2v) is 5.17. The largest absolute Gasteiger partial charge is 0.489 e. The number of carbonyl (C=O) groups excluding carboxylic acids is 1. The maximum atomic E-state index is 11.0. The Morgan fingerprint density at radius 2 is 2.40 bits per heavy atom. The maximum Gasteiger partial charge on any atom is 0.236 e. The van der Waals surface area contributed by atoms with Gasteiger partial charge < -0.3 is 10.1 Å². The van der Waals surface area contributed by atoms with Gasteiger partial charge >= 0.3 is 0 Å². The number of thioether (sulfide) groups is 1. The molecule has 5 nitrogen and oxygen atoms in total. The van der Waals surface area contributed by atoms with Crippen LogP contribution in [0.4, 0.5) is 0 Å². The summed E-state index contributed by atoms with van der Waals surface area (Å²) in [5.74, 6) is 0.947. The molecule has 0 radical (unpaired) electrons. The van der Waals surface area contributed by atoms with Crippen molar-refractivity contribution in [2.75, 3.05) is 12.4 Å². The van der Waals surface area contributed by atoms with Crippen LogP contribution < -0.4 is 10.1 Å². The van der Waals surface area contributed by atoms with Crippen molar-refractivity contribution in [1.82, 2.24) is 5.32 Å². The van der Waals surface area contributed by atoms with Gasteiger partial charge in [0.05, 0.1) is 12.0 Å². The summed E-state index contributed by atoms with van der Waals surface area (Å²) in [5, 5.41) is 11.5. The summed E-state index contributed by atoms with van der Waals surface area (Å²) in [4.78, 5) is 11.0. The minimum absolute atomic E-state index is 0.0679. The highest BCUT2D eigenvalue weighted by Crippen LogP contribution is 2.21. The second-order valence-electron chi connectivity index (χ2n) is 3.77. The number of halogens is 1. The van der Waals surface area contributed by atoms with E-state index in [0.717, 1.165) is 0 Å². The summed E-state index contributed by atoms with van der Waals surface area (Å²) in [6, 6.07) is 5.21. The molecule has 1 fully saturated rings. The van der Waals surface area contributed by atoms with E-state index in [1.807, 2.05) is 0 Å². The van der Waals surface area contributed by atoms with Crippen molar-refractivity contribution >= 4 is 40.7 Å². The van der Waals surface area contributed by atoms with E-state index in [-0.39, 0.29) is 5.91 Å². The molecule has 0 unspecified atom stereocenters. The Bertz CT molecular complexity index is 587. The average Bonchev–Trinajstić information content (AvgIpc) is 2.84. The van der Waals surface area contributed by atoms with Gasteiger partial charge in [-0.25, -0.2) is 0 Å². The van der Waals surface area contributed by atoms with Crippen molar-refractivity contribution in [3.63, 3.8) is 0 Å². The summed E-state index contributed by atoms with van der Waals surface area (Å²) < 4.78 is 5.49. The molecule has 1 saturated heterocycles. The molecule has 0 aliphatic carbocycles. The van der Waals surface area contributed by atoms with Crippen LogP contribution in [0.2, 0.25) is 5.02 Å². The zero-order valence-electron chi connectivity index (χ0n) is 10.5. The molecule has 0 spiro atoms. The third-order valence-corrected chi connectivity index (χ3v) is 3.36. The van der Waals surface area contributed by atoms with Crippen molar-refractivity contribution in [3.8, 4) is 5.75 Å². The number of rotatable bonds is 5. The molecule has 104 valence electrons. The quantitative estimate of drug-likeness (QED) is 0.516. The summed E-state index contributed by atoms with van der Waals surface area (Å²) in [6.45, 7) is 3.99. The molecular formula is C13H12ClN3O2S. The SMILES string of the molecule is C=CCOc1ccc(Cl)cc1C=NN=C1NC(=O)CS1. The van der Waals surface area contributed by atoms with E-state index in [2.05, 4.69) is 22.1 Å². The molecule has 20 heavy (non-hydrogen) atoms. The smallest absolute Gasteiger partial charge is 0.236 e. The van der Waals surface area contributed by atoms with Crippen LogP contribution in [0, 0.1) is 0 Å². The molecule has 1 aromatic rings. The number of benzene rings is 1. The first kappa shape index (κ1) is 14.6. The summed E-state index contributed by atoms with van der Waals surface area (Å²) >= 11 is 7.25. The van der Waals surface area contributed by atoms with Crippen LogP contribution in [0.15, 0.2) is 41.1 Å². The Morgan fingerprint density at radius 1 is 1.55 bits per heavy atom. The molecule has 1 heterocycles. The average molecular weight is 310 g/mol. The van der Waals surface area contributed by atoms with Crippen LogP contribution >= 0.6 is 23.4 Å². The maximum absolute atomic E-state index is 11.0. The summed E-state index contributed by atoms with van der Waals surface area (Å²) in [5.41, 5.74) is 0.707. The number of nitrogens with one attached hydrogen (secondary N) is 1. The van der Waals surface area contributed by atoms with E-state index in [0.29, 0.717) is 33.9 Å². The van der Waals surface area contributed by atoms with Crippen molar-refractivity contribution in [2.24, 2.45) is 10.2 Å². The molecule has 0 aromatic heterocycles. The van der Waals surface area contributed by atoms with E-state index in [4.69, 9.17) is 16.3 Å². The fourth-order valence-corrected chi connectivity index (χ4v) is 2.23. The first-order valence-electron chi connectivity index (χ1n) is 5.76. The molecule has 0 atom stereocenters. The Hall–Kier alpha value is -1.79. The third-order valence-electron chi connectivity index (χ3n) is 2.26. The van der Waals surface area contributed by atoms with Crippen LogP contribution in [0.25, 0.3) is 0 Å². The molecule has 1 aromatic carbocycles. The molecular weight excluding hydrogens is 298 g/mol. The molecule has 1 aliphatic heterocycles. The minimum Gasteiger partial charge on any atom is -0.489 e. The van der Waals surface area contributed by atoms with Crippen LogP contribution in [0.1, 0.15) is 5.56 Å². The van der Waals surface area contributed by atoms with Gasteiger partial charge in [-0.1, -0.05) is 36.0 Å². The van der Waals surface area contributed by atoms with Gasteiger partial charge in [0.2, 0.25) is 5.91 Å². The Morgan fingerprint density at radius 3 is 3.10 bits per heavy atom. The fourth-order valence-electron chi connectivity index (χ4n) is 1.42. The molecule has 0 saturated carbocycles. The first-order chi connectivity index (χ1) is 9.69. The second kappa shape index (κ2) is 7.12. The van der Waals surface area contributed by atoms with Gasteiger partial charge in [0.15, 0.2) is 5.17 Å². The lowest BCUT2D eigenvalue weighted by atomic mass is 10.2. The lowest BCUT2D eigenvalue weighted by molar-refractivity contribution is -0.116. The molecule has 1 N–H and O–H groups in total. The van der Waals surface area contributed by atoms with Crippen molar-refractivity contribution in [1.29, 1.82) is 0 Å². The van der Waals surface area contributed by atoms with Gasteiger partial charge in [-0.3, -0.25) is 4.79 Å². The van der Waals surface area contributed by atoms with Crippen LogP contribution in [0.3, 0.4) is 0 Å². The van der Waals surface area contributed by atoms with Crippen LogP contribution in [-0.2, 0) is 4.79 Å². The summed E-state index contributed by atoms with van der Waals surface area (Å²) in [7, 11) is 0. The predicted octanol–water partition coefficient (Wildman–Crippen LogP) is 2.46. The van der Waals surface area contributed by atoms with Gasteiger partial charge in [-0.2, -0.15) is 5.10 Å². The van der Waals surface area contributed by atoms with Crippen molar-refractivity contribution in [2.45, 2.75) is 0 Å². The van der Waals surface area contributed by atoms with E-state index in [9.17, 15) is 4.79 Å². The van der Waals surface area contributed by atoms with Crippen molar-refractivity contribution < 1.29 is 9.53 Å². The Balaban J connectivity index is 2.12. The number of carbonyl (C=O) groups is 1. The number of nitrogens with zero attached hydrogens (tertiary/aromatic N) is 2. The third kappa shape index (κ3) is 4.11. The lowest BCUT2D eigenvalue weighted by Gasteiger charge is -2.06. The highest BCUT2D eigenvalue weighted by molar-refractivity contribution is 8.15. The number of amidine groups is 1. The lowest BCUT2D eigenvalue weighted by Crippen LogP contribution is -2.19. The number of ether oxygens (including phenoxy) is 1. The van der Waals surface area contributed by atoms with Crippen LogP contribution in [-0.4, -0.2) is 29.6 Å². The van der Waals surface area contributed by atoms with E-state index in [1.54, 1.807) is 24.3 Å². The molecule has 0 bridgehead atoms. The molecule has 1 aliphatic rings.